The van der Waals surface area contributed by atoms with Crippen molar-refractivity contribution < 1.29 is 28.8 Å². The van der Waals surface area contributed by atoms with Gasteiger partial charge >= 0.3 is 0 Å². The van der Waals surface area contributed by atoms with Crippen molar-refractivity contribution in [2.24, 2.45) is 0 Å². The number of amides is 3. The zero-order valence-electron chi connectivity index (χ0n) is 22.0. The van der Waals surface area contributed by atoms with Gasteiger partial charge in [-0.3, -0.25) is 29.3 Å². The van der Waals surface area contributed by atoms with Gasteiger partial charge in [0.15, 0.2) is 5.78 Å². The summed E-state index contributed by atoms with van der Waals surface area (Å²) in [6.07, 6.45) is 0. The third-order valence-corrected chi connectivity index (χ3v) is 8.82. The van der Waals surface area contributed by atoms with E-state index in [1.807, 2.05) is 0 Å². The number of nitro benzene ring substituents is 1. The van der Waals surface area contributed by atoms with Gasteiger partial charge in [0.2, 0.25) is 0 Å². The van der Waals surface area contributed by atoms with E-state index in [2.05, 4.69) is 0 Å². The number of rotatable bonds is 8. The topological polar surface area (TPSA) is 127 Å². The standard InChI is InChI=1S/C29H13Cl6N3O7/c30-14-3-10-18(19(31)11-14)27(40)36(37-28(41)21-22(29(37)42)24(33)26(35)25(34)23(21)32)12-20(39)13-1-6-16(7-2-13)45-17-8-4-15(5-9-17)38(43)44/h1-11H,12H2. The molecule has 1 aliphatic rings. The van der Waals surface area contributed by atoms with E-state index in [1.54, 1.807) is 0 Å². The summed E-state index contributed by atoms with van der Waals surface area (Å²) in [4.78, 5) is 64.8. The van der Waals surface area contributed by atoms with Crippen LogP contribution in [0.5, 0.6) is 11.5 Å². The summed E-state index contributed by atoms with van der Waals surface area (Å²) in [5.41, 5.74) is -1.02. The molecule has 0 fully saturated rings. The van der Waals surface area contributed by atoms with E-state index in [0.717, 1.165) is 0 Å². The molecular formula is C29H13Cl6N3O7. The predicted octanol–water partition coefficient (Wildman–Crippen LogP) is 8.84. The van der Waals surface area contributed by atoms with Crippen molar-refractivity contribution in [3.05, 3.63) is 129 Å². The molecule has 0 aromatic heterocycles. The zero-order valence-corrected chi connectivity index (χ0v) is 26.6. The van der Waals surface area contributed by atoms with Crippen LogP contribution in [0, 0.1) is 10.1 Å². The number of halogens is 6. The summed E-state index contributed by atoms with van der Waals surface area (Å²) in [7, 11) is 0. The second-order valence-corrected chi connectivity index (χ2v) is 11.6. The number of hydrogen-bond donors (Lipinski definition) is 0. The lowest BCUT2D eigenvalue weighted by Gasteiger charge is -2.29. The lowest BCUT2D eigenvalue weighted by atomic mass is 10.1. The number of benzene rings is 4. The van der Waals surface area contributed by atoms with Gasteiger partial charge in [0.25, 0.3) is 23.4 Å². The molecule has 0 bridgehead atoms. The number of fused-ring (bicyclic) bond motifs is 1. The minimum Gasteiger partial charge on any atom is -0.457 e. The minimum atomic E-state index is -1.08. The number of hydrazine groups is 1. The van der Waals surface area contributed by atoms with Crippen LogP contribution in [0.25, 0.3) is 0 Å². The highest BCUT2D eigenvalue weighted by Gasteiger charge is 2.46. The first-order valence-electron chi connectivity index (χ1n) is 12.4. The first kappa shape index (κ1) is 32.5. The summed E-state index contributed by atoms with van der Waals surface area (Å²) in [5, 5.41) is 10.7. The molecule has 45 heavy (non-hydrogen) atoms. The number of non-ortho nitro benzene ring substituents is 1. The van der Waals surface area contributed by atoms with Gasteiger partial charge in [-0.05, 0) is 54.6 Å². The Kier molecular flexibility index (Phi) is 9.27. The Morgan fingerprint density at radius 3 is 1.76 bits per heavy atom. The molecule has 16 heteroatoms. The SMILES string of the molecule is O=C(CN(C(=O)c1ccc(Cl)cc1Cl)N1C(=O)c2c(Cl)c(Cl)c(Cl)c(Cl)c2C1=O)c1ccc(Oc2ccc([N+](=O)[O-])cc2)cc1. The van der Waals surface area contributed by atoms with Crippen LogP contribution in [0.15, 0.2) is 66.7 Å². The number of nitro groups is 1. The van der Waals surface area contributed by atoms with Crippen LogP contribution in [-0.2, 0) is 0 Å². The Morgan fingerprint density at radius 2 is 1.27 bits per heavy atom. The van der Waals surface area contributed by atoms with Crippen molar-refractivity contribution in [1.82, 2.24) is 10.0 Å². The number of carbonyl (C=O) groups excluding carboxylic acids is 4. The van der Waals surface area contributed by atoms with Crippen LogP contribution < -0.4 is 4.74 Å². The smallest absolute Gasteiger partial charge is 0.282 e. The molecule has 4 aromatic rings. The van der Waals surface area contributed by atoms with Crippen LogP contribution in [0.3, 0.4) is 0 Å². The molecule has 1 aliphatic heterocycles. The molecular weight excluding hydrogens is 715 g/mol. The molecule has 4 aromatic carbocycles. The average Bonchev–Trinajstić information content (AvgIpc) is 3.27. The minimum absolute atomic E-state index is 0.0739. The van der Waals surface area contributed by atoms with Crippen molar-refractivity contribution in [2.75, 3.05) is 6.54 Å². The highest BCUT2D eigenvalue weighted by Crippen LogP contribution is 2.45. The number of imide groups is 1. The largest absolute Gasteiger partial charge is 0.457 e. The number of nitrogens with zero attached hydrogens (tertiary/aromatic N) is 3. The van der Waals surface area contributed by atoms with Gasteiger partial charge in [0.05, 0.1) is 46.7 Å². The van der Waals surface area contributed by atoms with Crippen molar-refractivity contribution in [2.45, 2.75) is 0 Å². The van der Waals surface area contributed by atoms with E-state index >= 15 is 0 Å². The maximum Gasteiger partial charge on any atom is 0.282 e. The fraction of sp³-hybridized carbons (Fsp3) is 0.0345. The van der Waals surface area contributed by atoms with Crippen molar-refractivity contribution in [3.8, 4) is 11.5 Å². The van der Waals surface area contributed by atoms with Crippen LogP contribution in [0.4, 0.5) is 5.69 Å². The highest BCUT2D eigenvalue weighted by atomic mass is 35.5. The zero-order chi connectivity index (χ0) is 32.7. The summed E-state index contributed by atoms with van der Waals surface area (Å²) in [6, 6.07) is 14.9. The van der Waals surface area contributed by atoms with Gasteiger partial charge < -0.3 is 4.74 Å². The monoisotopic (exact) mass is 725 g/mol. The maximum atomic E-state index is 13.8. The van der Waals surface area contributed by atoms with E-state index < -0.39 is 46.1 Å². The molecule has 0 atom stereocenters. The molecule has 1 heterocycles. The molecule has 0 N–H and O–H groups in total. The highest BCUT2D eigenvalue weighted by molar-refractivity contribution is 6.55. The van der Waals surface area contributed by atoms with Crippen molar-refractivity contribution in [1.29, 1.82) is 0 Å². The molecule has 0 spiro atoms. The summed E-state index contributed by atoms with van der Waals surface area (Å²) in [5.74, 6) is -3.27. The van der Waals surface area contributed by atoms with E-state index in [-0.39, 0.29) is 47.0 Å². The van der Waals surface area contributed by atoms with Gasteiger partial charge in [-0.1, -0.05) is 69.6 Å². The Hall–Kier alpha value is -3.90. The Labute approximate surface area is 283 Å². The van der Waals surface area contributed by atoms with E-state index in [4.69, 9.17) is 74.3 Å². The summed E-state index contributed by atoms with van der Waals surface area (Å²) >= 11 is 37.0. The first-order valence-corrected chi connectivity index (χ1v) is 14.6. The van der Waals surface area contributed by atoms with Gasteiger partial charge in [0.1, 0.15) is 18.0 Å². The predicted molar refractivity (Wildman–Crippen MR) is 168 cm³/mol. The maximum absolute atomic E-state index is 13.8. The number of ether oxygens (including phenoxy) is 1. The second-order valence-electron chi connectivity index (χ2n) is 9.22. The number of ketones is 1. The Morgan fingerprint density at radius 1 is 0.756 bits per heavy atom. The molecule has 0 saturated heterocycles. The third kappa shape index (κ3) is 6.17. The molecule has 228 valence electrons. The van der Waals surface area contributed by atoms with Crippen LogP contribution in [-0.4, -0.2) is 45.0 Å². The molecule has 3 amide bonds. The summed E-state index contributed by atoms with van der Waals surface area (Å²) in [6.45, 7) is -0.817. The number of carbonyl (C=O) groups is 4. The first-order chi connectivity index (χ1) is 21.3. The Bertz CT molecular complexity index is 1890. The number of Topliss-reactive ketones (excluding diaryl/α,β-unsaturated/α-hetero) is 1. The lowest BCUT2D eigenvalue weighted by molar-refractivity contribution is -0.384. The van der Waals surface area contributed by atoms with Crippen molar-refractivity contribution in [3.63, 3.8) is 0 Å². The Balaban J connectivity index is 1.47. The second kappa shape index (κ2) is 12.8. The molecule has 5 rings (SSSR count). The van der Waals surface area contributed by atoms with E-state index in [9.17, 15) is 29.3 Å². The number of hydrogen-bond acceptors (Lipinski definition) is 7. The van der Waals surface area contributed by atoms with Crippen molar-refractivity contribution >= 4 is 98.8 Å². The third-order valence-electron chi connectivity index (χ3n) is 6.47. The van der Waals surface area contributed by atoms with Crippen LogP contribution >= 0.6 is 69.6 Å². The van der Waals surface area contributed by atoms with E-state index in [0.29, 0.717) is 21.5 Å². The molecule has 0 aliphatic carbocycles. The molecule has 0 saturated carbocycles. The van der Waals surface area contributed by atoms with Crippen LogP contribution in [0.2, 0.25) is 30.1 Å². The molecule has 0 unspecified atom stereocenters. The van der Waals surface area contributed by atoms with Gasteiger partial charge in [-0.15, -0.1) is 0 Å². The normalized spacial score (nSPS) is 12.3. The van der Waals surface area contributed by atoms with Gasteiger partial charge in [-0.25, -0.2) is 5.01 Å². The van der Waals surface area contributed by atoms with Gasteiger partial charge in [-0.2, -0.15) is 5.01 Å². The quantitative estimate of drug-likeness (QED) is 0.0443. The van der Waals surface area contributed by atoms with Gasteiger partial charge in [0, 0.05) is 22.7 Å². The fourth-order valence-corrected chi connectivity index (χ4v) is 5.80. The van der Waals surface area contributed by atoms with Crippen LogP contribution in [0.1, 0.15) is 41.4 Å². The fourth-order valence-electron chi connectivity index (χ4n) is 4.30. The molecule has 10 nitrogen and oxygen atoms in total. The van der Waals surface area contributed by atoms with E-state index in [1.165, 1.54) is 66.7 Å². The summed E-state index contributed by atoms with van der Waals surface area (Å²) < 4.78 is 5.67. The lowest BCUT2D eigenvalue weighted by Crippen LogP contribution is -2.51. The average molecular weight is 728 g/mol. The molecule has 0 radical (unpaired) electrons.